The van der Waals surface area contributed by atoms with Crippen LogP contribution in [0, 0.1) is 39.2 Å². The molecule has 1 aliphatic rings. The van der Waals surface area contributed by atoms with Crippen LogP contribution in [0.3, 0.4) is 0 Å². The summed E-state index contributed by atoms with van der Waals surface area (Å²) in [7, 11) is -0.427. The highest BCUT2D eigenvalue weighted by molar-refractivity contribution is 7.13. The van der Waals surface area contributed by atoms with Gasteiger partial charge in [-0.25, -0.2) is 0 Å². The van der Waals surface area contributed by atoms with Gasteiger partial charge in [0.2, 0.25) is 0 Å². The number of aryl methyl sites for hydroxylation is 2. The molecule has 10 heteroatoms. The predicted octanol–water partition coefficient (Wildman–Crippen LogP) is 8.46. The molecule has 0 spiro atoms. The first-order valence-corrected chi connectivity index (χ1v) is 15.9. The van der Waals surface area contributed by atoms with E-state index in [1.807, 2.05) is 19.6 Å². The van der Waals surface area contributed by atoms with Gasteiger partial charge in [0.05, 0.1) is 23.1 Å². The van der Waals surface area contributed by atoms with Crippen molar-refractivity contribution >= 4 is 41.6 Å². The van der Waals surface area contributed by atoms with Crippen molar-refractivity contribution in [2.75, 3.05) is 7.11 Å². The second kappa shape index (κ2) is 8.43. The summed E-state index contributed by atoms with van der Waals surface area (Å²) in [5, 5.41) is 0.443. The van der Waals surface area contributed by atoms with Gasteiger partial charge in [-0.1, -0.05) is 25.6 Å². The molecule has 0 atom stereocenters. The lowest BCUT2D eigenvalue weighted by molar-refractivity contribution is -0.255. The fourth-order valence-electron chi connectivity index (χ4n) is 4.69. The van der Waals surface area contributed by atoms with Crippen molar-refractivity contribution in [2.24, 2.45) is 0 Å². The van der Waals surface area contributed by atoms with Gasteiger partial charge in [-0.3, -0.25) is 0 Å². The summed E-state index contributed by atoms with van der Waals surface area (Å²) >= 11 is 1.05. The number of thiophene rings is 1. The number of fused-ring (bicyclic) bond motifs is 1. The van der Waals surface area contributed by atoms with E-state index in [4.69, 9.17) is 4.74 Å². The summed E-state index contributed by atoms with van der Waals surface area (Å²) in [5.41, 5.74) is 1.04. The lowest BCUT2D eigenvalue weighted by Gasteiger charge is -2.26. The molecule has 2 nitrogen and oxygen atoms in total. The summed E-state index contributed by atoms with van der Waals surface area (Å²) in [6.07, 6.45) is 0. The average Bonchev–Trinajstić information content (AvgIpc) is 3.24. The fraction of sp³-hybridized carbons (Fsp3) is 0.407. The largest absolute Gasteiger partial charge is 0.497 e. The Bertz CT molecular complexity index is 1530. The van der Waals surface area contributed by atoms with Crippen LogP contribution < -0.4 is 4.74 Å². The number of methoxy groups -OCH3 is 1. The Morgan fingerprint density at radius 3 is 2.11 bits per heavy atom. The summed E-state index contributed by atoms with van der Waals surface area (Å²) < 4.78 is 98.4. The van der Waals surface area contributed by atoms with Crippen LogP contribution in [0.5, 0.6) is 5.75 Å². The maximum atomic E-state index is 15.6. The van der Waals surface area contributed by atoms with E-state index in [1.165, 1.54) is 40.0 Å². The second-order valence-electron chi connectivity index (χ2n) is 10.4. The van der Waals surface area contributed by atoms with Crippen molar-refractivity contribution in [3.8, 4) is 17.2 Å². The SMILES string of the molecule is COc1ccc2c(c1)c(C)c(C)n2C1=C(c2c(C)sc(C#C[Si](C)(C)C)c2C)C(F)(F)C(F)(F)C1(F)F. The van der Waals surface area contributed by atoms with Gasteiger partial charge in [-0.05, 0) is 57.0 Å². The molecule has 0 unspecified atom stereocenters. The highest BCUT2D eigenvalue weighted by Crippen LogP contribution is 2.65. The number of benzene rings is 1. The second-order valence-corrected chi connectivity index (χ2v) is 16.3. The molecular formula is C27H27F6NOSSi. The van der Waals surface area contributed by atoms with Crippen LogP contribution in [0.2, 0.25) is 19.6 Å². The maximum Gasteiger partial charge on any atom is 0.382 e. The minimum absolute atomic E-state index is 0.112. The summed E-state index contributed by atoms with van der Waals surface area (Å²) in [6.45, 7) is 12.0. The first-order valence-electron chi connectivity index (χ1n) is 11.6. The van der Waals surface area contributed by atoms with Gasteiger partial charge in [0.15, 0.2) is 0 Å². The van der Waals surface area contributed by atoms with Crippen LogP contribution in [0.15, 0.2) is 18.2 Å². The first kappa shape index (κ1) is 27.4. The van der Waals surface area contributed by atoms with E-state index in [1.54, 1.807) is 13.0 Å². The Morgan fingerprint density at radius 1 is 0.919 bits per heavy atom. The monoisotopic (exact) mass is 555 g/mol. The van der Waals surface area contributed by atoms with Crippen LogP contribution in [-0.4, -0.2) is 37.5 Å². The molecule has 198 valence electrons. The van der Waals surface area contributed by atoms with Gasteiger partial charge in [0.1, 0.15) is 19.5 Å². The molecule has 0 aliphatic heterocycles. The highest BCUT2D eigenvalue weighted by Gasteiger charge is 2.81. The third kappa shape index (κ3) is 3.85. The number of halogens is 6. The molecule has 2 heterocycles. The average molecular weight is 556 g/mol. The molecule has 0 N–H and O–H groups in total. The number of alkyl halides is 6. The van der Waals surface area contributed by atoms with Crippen LogP contribution in [0.4, 0.5) is 26.3 Å². The number of ether oxygens (including phenoxy) is 1. The molecule has 0 fully saturated rings. The molecule has 0 bridgehead atoms. The first-order chi connectivity index (χ1) is 16.9. The number of nitrogens with zero attached hydrogens (tertiary/aromatic N) is 1. The predicted molar refractivity (Wildman–Crippen MR) is 140 cm³/mol. The van der Waals surface area contributed by atoms with Gasteiger partial charge < -0.3 is 9.30 Å². The zero-order valence-electron chi connectivity index (χ0n) is 21.8. The van der Waals surface area contributed by atoms with E-state index in [2.05, 4.69) is 11.5 Å². The van der Waals surface area contributed by atoms with Crippen molar-refractivity contribution in [2.45, 2.75) is 65.1 Å². The van der Waals surface area contributed by atoms with E-state index in [-0.39, 0.29) is 27.2 Å². The molecule has 0 saturated carbocycles. The lowest BCUT2D eigenvalue weighted by Crippen LogP contribution is -2.49. The molecular weight excluding hydrogens is 528 g/mol. The van der Waals surface area contributed by atoms with Crippen LogP contribution in [-0.2, 0) is 0 Å². The molecule has 0 saturated heterocycles. The normalized spacial score (nSPS) is 18.3. The van der Waals surface area contributed by atoms with Crippen molar-refractivity contribution in [3.05, 3.63) is 50.3 Å². The minimum Gasteiger partial charge on any atom is -0.497 e. The van der Waals surface area contributed by atoms with Crippen molar-refractivity contribution in [3.63, 3.8) is 0 Å². The van der Waals surface area contributed by atoms with Gasteiger partial charge >= 0.3 is 17.8 Å². The van der Waals surface area contributed by atoms with Crippen molar-refractivity contribution in [1.29, 1.82) is 0 Å². The Balaban J connectivity index is 2.17. The standard InChI is InChI=1S/C27H27F6NOSSi/c1-14-16(3)34(20-10-9-18(35-5)13-19(14)20)24-23(25(28,29)27(32,33)26(24,30)31)22-15(2)21(36-17(22)4)11-12-37(6,7)8/h9-10,13H,1-8H3. The lowest BCUT2D eigenvalue weighted by atomic mass is 9.96. The Kier molecular flexibility index (Phi) is 6.24. The zero-order chi connectivity index (χ0) is 27.9. The summed E-state index contributed by atoms with van der Waals surface area (Å²) in [5.74, 6) is -12.5. The van der Waals surface area contributed by atoms with Gasteiger partial charge in [-0.15, -0.1) is 16.9 Å². The van der Waals surface area contributed by atoms with E-state index < -0.39 is 37.1 Å². The minimum atomic E-state index is -5.64. The van der Waals surface area contributed by atoms with Gasteiger partial charge in [0, 0.05) is 21.5 Å². The van der Waals surface area contributed by atoms with Crippen molar-refractivity contribution in [1.82, 2.24) is 4.57 Å². The maximum absolute atomic E-state index is 15.6. The topological polar surface area (TPSA) is 14.2 Å². The molecule has 3 aromatic rings. The van der Waals surface area contributed by atoms with Crippen LogP contribution in [0.1, 0.15) is 32.1 Å². The number of hydrogen-bond donors (Lipinski definition) is 0. The van der Waals surface area contributed by atoms with Crippen molar-refractivity contribution < 1.29 is 31.1 Å². The van der Waals surface area contributed by atoms with Gasteiger partial charge in [0.25, 0.3) is 0 Å². The van der Waals surface area contributed by atoms with Crippen LogP contribution >= 0.6 is 11.3 Å². The molecule has 37 heavy (non-hydrogen) atoms. The van der Waals surface area contributed by atoms with E-state index >= 15 is 26.3 Å². The fourth-order valence-corrected chi connectivity index (χ4v) is 6.30. The van der Waals surface area contributed by atoms with E-state index in [0.717, 1.165) is 15.9 Å². The zero-order valence-corrected chi connectivity index (χ0v) is 23.6. The third-order valence-electron chi connectivity index (χ3n) is 6.71. The smallest absolute Gasteiger partial charge is 0.382 e. The van der Waals surface area contributed by atoms with E-state index in [9.17, 15) is 0 Å². The van der Waals surface area contributed by atoms with E-state index in [0.29, 0.717) is 21.6 Å². The number of aromatic nitrogens is 1. The molecule has 1 aliphatic carbocycles. The summed E-state index contributed by atoms with van der Waals surface area (Å²) in [4.78, 5) is 0.636. The Morgan fingerprint density at radius 2 is 1.54 bits per heavy atom. The molecule has 1 aromatic carbocycles. The number of allylic oxidation sites excluding steroid dienone is 2. The quantitative estimate of drug-likeness (QED) is 0.180. The Labute approximate surface area is 216 Å². The summed E-state index contributed by atoms with van der Waals surface area (Å²) in [6, 6.07) is 4.47. The highest BCUT2D eigenvalue weighted by atomic mass is 32.1. The number of rotatable bonds is 3. The molecule has 0 amide bonds. The molecule has 0 radical (unpaired) electrons. The molecule has 4 rings (SSSR count). The Hall–Kier alpha value is -2.64. The number of hydrogen-bond acceptors (Lipinski definition) is 2. The third-order valence-corrected chi connectivity index (χ3v) is 8.71. The van der Waals surface area contributed by atoms with Crippen LogP contribution in [0.25, 0.3) is 22.2 Å². The van der Waals surface area contributed by atoms with Gasteiger partial charge in [-0.2, -0.15) is 26.3 Å². The molecule has 2 aromatic heterocycles.